The molecular formula is H4N2O6RuS2. The van der Waals surface area contributed by atoms with Crippen molar-refractivity contribution >= 4 is 20.6 Å². The summed E-state index contributed by atoms with van der Waals surface area (Å²) < 4.78 is 53.1. The Morgan fingerprint density at radius 2 is 0.818 bits per heavy atom. The Balaban J connectivity index is -0.000000107. The molecule has 0 aromatic heterocycles. The van der Waals surface area contributed by atoms with Gasteiger partial charge in [0.15, 0.2) is 20.6 Å². The van der Waals surface area contributed by atoms with E-state index in [9.17, 15) is 0 Å². The van der Waals surface area contributed by atoms with Crippen LogP contribution < -0.4 is 10.3 Å². The van der Waals surface area contributed by atoms with Gasteiger partial charge in [-0.3, -0.25) is 0 Å². The van der Waals surface area contributed by atoms with Gasteiger partial charge in [-0.15, -0.1) is 0 Å². The molecule has 0 aliphatic carbocycles. The third-order valence-electron chi connectivity index (χ3n) is 0. The molecule has 0 atom stereocenters. The molecule has 0 aliphatic heterocycles. The summed E-state index contributed by atoms with van der Waals surface area (Å²) in [4.78, 5) is 0. The van der Waals surface area contributed by atoms with E-state index in [1.807, 2.05) is 0 Å². The van der Waals surface area contributed by atoms with Crippen molar-refractivity contribution in [1.82, 2.24) is 0 Å². The molecule has 70 valence electrons. The molecule has 0 saturated carbocycles. The quantitative estimate of drug-likeness (QED) is 0.352. The van der Waals surface area contributed by atoms with Crippen LogP contribution in [-0.4, -0.2) is 25.9 Å². The molecule has 0 aromatic rings. The van der Waals surface area contributed by atoms with Crippen molar-refractivity contribution in [2.75, 3.05) is 0 Å². The van der Waals surface area contributed by atoms with Crippen LogP contribution in [0.5, 0.6) is 0 Å². The number of hydrogen-bond acceptors (Lipinski definition) is 6. The van der Waals surface area contributed by atoms with E-state index in [-0.39, 0.29) is 19.5 Å². The maximum Gasteiger partial charge on any atom is 2.00 e. The second-order valence-electron chi connectivity index (χ2n) is 0.986. The maximum absolute atomic E-state index is 8.85. The van der Waals surface area contributed by atoms with Crippen molar-refractivity contribution in [3.63, 3.8) is 0 Å². The second-order valence-corrected chi connectivity index (χ2v) is 2.96. The molecule has 0 radical (unpaired) electrons. The predicted octanol–water partition coefficient (Wildman–Crippen LogP) is -3.19. The van der Waals surface area contributed by atoms with Crippen LogP contribution in [0.4, 0.5) is 0 Å². The summed E-state index contributed by atoms with van der Waals surface area (Å²) in [6.45, 7) is 0. The van der Waals surface area contributed by atoms with Crippen LogP contribution in [0, 0.1) is 0 Å². The van der Waals surface area contributed by atoms with E-state index in [4.69, 9.17) is 25.9 Å². The molecule has 0 saturated heterocycles. The van der Waals surface area contributed by atoms with Crippen molar-refractivity contribution in [3.8, 4) is 0 Å². The first-order chi connectivity index (χ1) is 4.00. The third-order valence-corrected chi connectivity index (χ3v) is 0. The molecule has 0 unspecified atom stereocenters. The average molecular weight is 293 g/mol. The molecule has 11 heavy (non-hydrogen) atoms. The Kier molecular flexibility index (Phi) is 9.43. The minimum Gasteiger partial charge on any atom is -0.736 e. The molecule has 0 amide bonds. The summed E-state index contributed by atoms with van der Waals surface area (Å²) in [7, 11) is -8.83. The van der Waals surface area contributed by atoms with Crippen LogP contribution in [0.15, 0.2) is 0 Å². The molecule has 4 N–H and O–H groups in total. The smallest absolute Gasteiger partial charge is 0.736 e. The van der Waals surface area contributed by atoms with Crippen LogP contribution in [-0.2, 0) is 40.1 Å². The van der Waals surface area contributed by atoms with E-state index in [0.29, 0.717) is 0 Å². The number of nitrogens with two attached hydrogens (primary N) is 2. The molecule has 8 nitrogen and oxygen atoms in total. The molecule has 0 aliphatic rings. The van der Waals surface area contributed by atoms with Gasteiger partial charge in [0.05, 0.1) is 0 Å². The first kappa shape index (κ1) is 17.4. The normalized spacial score (nSPS) is 10.5. The van der Waals surface area contributed by atoms with E-state index < -0.39 is 20.6 Å². The Morgan fingerprint density at radius 3 is 0.818 bits per heavy atom. The summed E-state index contributed by atoms with van der Waals surface area (Å²) in [5.74, 6) is 0. The minimum absolute atomic E-state index is 0. The summed E-state index contributed by atoms with van der Waals surface area (Å²) in [5, 5.41) is 7.54. The van der Waals surface area contributed by atoms with E-state index in [2.05, 4.69) is 10.3 Å². The summed E-state index contributed by atoms with van der Waals surface area (Å²) in [6.07, 6.45) is 0. The van der Waals surface area contributed by atoms with Crippen LogP contribution >= 0.6 is 0 Å². The van der Waals surface area contributed by atoms with Crippen molar-refractivity contribution < 1.29 is 45.4 Å². The van der Waals surface area contributed by atoms with Gasteiger partial charge >= 0.3 is 19.5 Å². The Hall–Kier alpha value is 0.363. The molecule has 0 heterocycles. The van der Waals surface area contributed by atoms with Crippen molar-refractivity contribution in [1.29, 1.82) is 0 Å². The zero-order chi connectivity index (χ0) is 9.00. The first-order valence-corrected chi connectivity index (χ1v) is 4.41. The van der Waals surface area contributed by atoms with Gasteiger partial charge in [-0.1, -0.05) is 0 Å². The van der Waals surface area contributed by atoms with Crippen LogP contribution in [0.25, 0.3) is 0 Å². The van der Waals surface area contributed by atoms with Gasteiger partial charge in [0, 0.05) is 0 Å². The molecule has 0 spiro atoms. The second kappa shape index (κ2) is 5.94. The Morgan fingerprint density at radius 1 is 0.818 bits per heavy atom. The summed E-state index contributed by atoms with van der Waals surface area (Å²) in [5.41, 5.74) is 0. The van der Waals surface area contributed by atoms with Crippen molar-refractivity contribution in [2.24, 2.45) is 10.3 Å². The van der Waals surface area contributed by atoms with E-state index >= 15 is 0 Å². The SMILES string of the molecule is NS(=O)(=O)[O-].NS(=O)(=O)[O-].[Ru+2]. The molecule has 0 fully saturated rings. The number of rotatable bonds is 0. The monoisotopic (exact) mass is 294 g/mol. The van der Waals surface area contributed by atoms with Crippen LogP contribution in [0.1, 0.15) is 0 Å². The van der Waals surface area contributed by atoms with Gasteiger partial charge in [0.1, 0.15) is 0 Å². The zero-order valence-corrected chi connectivity index (χ0v) is 8.15. The Bertz CT molecular complexity index is 215. The van der Waals surface area contributed by atoms with Gasteiger partial charge in [0.25, 0.3) is 0 Å². The fourth-order valence-corrected chi connectivity index (χ4v) is 0. The fraction of sp³-hybridized carbons (Fsp3) is 0. The Labute approximate surface area is 76.5 Å². The summed E-state index contributed by atoms with van der Waals surface area (Å²) >= 11 is 0. The minimum atomic E-state index is -4.42. The number of hydrogen-bond donors (Lipinski definition) is 2. The molecular weight excluding hydrogens is 289 g/mol. The molecule has 0 bridgehead atoms. The van der Waals surface area contributed by atoms with Gasteiger partial charge in [0.2, 0.25) is 0 Å². The van der Waals surface area contributed by atoms with Gasteiger partial charge in [-0.25, -0.2) is 27.1 Å². The van der Waals surface area contributed by atoms with E-state index in [1.54, 1.807) is 0 Å². The fourth-order valence-electron chi connectivity index (χ4n) is 0. The third kappa shape index (κ3) is 5490. The van der Waals surface area contributed by atoms with Gasteiger partial charge in [-0.2, -0.15) is 0 Å². The van der Waals surface area contributed by atoms with E-state index in [0.717, 1.165) is 0 Å². The van der Waals surface area contributed by atoms with Crippen molar-refractivity contribution in [2.45, 2.75) is 0 Å². The standard InChI is InChI=1S/2H3NO3S.Ru/c2*1-5(2,3)4;/h2*(H3,1,2,3,4);/q;;+2/p-2. The topological polar surface area (TPSA) is 166 Å². The summed E-state index contributed by atoms with van der Waals surface area (Å²) in [6, 6.07) is 0. The van der Waals surface area contributed by atoms with Gasteiger partial charge < -0.3 is 9.11 Å². The first-order valence-electron chi connectivity index (χ1n) is 1.47. The predicted molar refractivity (Wildman–Crippen MR) is 27.8 cm³/mol. The molecule has 0 rings (SSSR count). The zero-order valence-electron chi connectivity index (χ0n) is 4.77. The van der Waals surface area contributed by atoms with Crippen LogP contribution in [0.2, 0.25) is 0 Å². The van der Waals surface area contributed by atoms with Crippen molar-refractivity contribution in [3.05, 3.63) is 0 Å². The van der Waals surface area contributed by atoms with E-state index in [1.165, 1.54) is 0 Å². The average Bonchev–Trinajstić information content (AvgIpc) is 1.12. The molecule has 0 aromatic carbocycles. The molecule has 11 heteroatoms. The largest absolute Gasteiger partial charge is 2.00 e. The maximum atomic E-state index is 8.85. The van der Waals surface area contributed by atoms with Crippen LogP contribution in [0.3, 0.4) is 0 Å². The van der Waals surface area contributed by atoms with Gasteiger partial charge in [-0.05, 0) is 0 Å².